The van der Waals surface area contributed by atoms with Gasteiger partial charge < -0.3 is 5.11 Å². The number of rotatable bonds is 4. The van der Waals surface area contributed by atoms with Gasteiger partial charge in [0.1, 0.15) is 11.6 Å². The standard InChI is InChI=1S/C13H16F2O3S/c14-12-1-2-13(15)10(6-12)5-11(7-16)9-3-4-19(17,18)8-9/h1-2,6,9,11,16H,3-5,7-8H2. The van der Waals surface area contributed by atoms with Gasteiger partial charge >= 0.3 is 0 Å². The first kappa shape index (κ1) is 14.4. The molecule has 0 aliphatic carbocycles. The minimum Gasteiger partial charge on any atom is -0.396 e. The molecule has 0 saturated carbocycles. The van der Waals surface area contributed by atoms with Crippen LogP contribution in [-0.2, 0) is 16.3 Å². The third-order valence-corrected chi connectivity index (χ3v) is 5.45. The summed E-state index contributed by atoms with van der Waals surface area (Å²) in [6.45, 7) is -0.226. The van der Waals surface area contributed by atoms with Crippen LogP contribution in [0.25, 0.3) is 0 Å². The molecule has 1 saturated heterocycles. The van der Waals surface area contributed by atoms with Gasteiger partial charge in [-0.05, 0) is 48.4 Å². The molecular weight excluding hydrogens is 274 g/mol. The summed E-state index contributed by atoms with van der Waals surface area (Å²) in [7, 11) is -3.04. The molecule has 0 aromatic heterocycles. The molecule has 1 aliphatic heterocycles. The molecule has 1 aromatic carbocycles. The van der Waals surface area contributed by atoms with Crippen molar-refractivity contribution in [3.05, 3.63) is 35.4 Å². The molecular formula is C13H16F2O3S. The van der Waals surface area contributed by atoms with Crippen LogP contribution in [0, 0.1) is 23.5 Å². The number of sulfone groups is 1. The molecule has 2 unspecified atom stereocenters. The molecule has 1 aliphatic rings. The lowest BCUT2D eigenvalue weighted by molar-refractivity contribution is 0.183. The van der Waals surface area contributed by atoms with Crippen LogP contribution in [-0.4, -0.2) is 31.6 Å². The maximum absolute atomic E-state index is 13.5. The Morgan fingerprint density at radius 1 is 1.37 bits per heavy atom. The van der Waals surface area contributed by atoms with Gasteiger partial charge in [0, 0.05) is 6.61 Å². The number of halogens is 2. The van der Waals surface area contributed by atoms with Gasteiger partial charge in [-0.2, -0.15) is 0 Å². The van der Waals surface area contributed by atoms with Crippen molar-refractivity contribution in [1.29, 1.82) is 0 Å². The third kappa shape index (κ3) is 3.51. The van der Waals surface area contributed by atoms with Gasteiger partial charge in [0.05, 0.1) is 11.5 Å². The van der Waals surface area contributed by atoms with Crippen LogP contribution in [0.5, 0.6) is 0 Å². The molecule has 1 heterocycles. The maximum Gasteiger partial charge on any atom is 0.150 e. The van der Waals surface area contributed by atoms with Crippen molar-refractivity contribution in [3.8, 4) is 0 Å². The van der Waals surface area contributed by atoms with Crippen LogP contribution >= 0.6 is 0 Å². The van der Waals surface area contributed by atoms with Crippen LogP contribution < -0.4 is 0 Å². The summed E-state index contributed by atoms with van der Waals surface area (Å²) in [6.07, 6.45) is 0.630. The number of aliphatic hydroxyl groups is 1. The van der Waals surface area contributed by atoms with Crippen LogP contribution in [0.15, 0.2) is 18.2 Å². The first-order valence-corrected chi connectivity index (χ1v) is 7.98. The Morgan fingerprint density at radius 3 is 2.68 bits per heavy atom. The summed E-state index contributed by atoms with van der Waals surface area (Å²) >= 11 is 0. The average Bonchev–Trinajstić information content (AvgIpc) is 2.70. The van der Waals surface area contributed by atoms with E-state index in [1.54, 1.807) is 0 Å². The molecule has 1 aromatic rings. The quantitative estimate of drug-likeness (QED) is 0.915. The smallest absolute Gasteiger partial charge is 0.150 e. The molecule has 106 valence electrons. The monoisotopic (exact) mass is 290 g/mol. The maximum atomic E-state index is 13.5. The van der Waals surface area contributed by atoms with Gasteiger partial charge in [0.25, 0.3) is 0 Å². The van der Waals surface area contributed by atoms with Crippen molar-refractivity contribution in [3.63, 3.8) is 0 Å². The zero-order valence-electron chi connectivity index (χ0n) is 10.4. The summed E-state index contributed by atoms with van der Waals surface area (Å²) < 4.78 is 49.5. The molecule has 0 amide bonds. The highest BCUT2D eigenvalue weighted by atomic mass is 32.2. The Labute approximate surface area is 111 Å². The molecule has 0 radical (unpaired) electrons. The van der Waals surface area contributed by atoms with Crippen molar-refractivity contribution >= 4 is 9.84 Å². The first-order chi connectivity index (χ1) is 8.91. The van der Waals surface area contributed by atoms with Crippen LogP contribution in [0.3, 0.4) is 0 Å². The van der Waals surface area contributed by atoms with Crippen molar-refractivity contribution < 1.29 is 22.3 Å². The van der Waals surface area contributed by atoms with Gasteiger partial charge in [-0.1, -0.05) is 0 Å². The third-order valence-electron chi connectivity index (χ3n) is 3.66. The molecule has 2 atom stereocenters. The summed E-state index contributed by atoms with van der Waals surface area (Å²) in [5, 5.41) is 9.37. The van der Waals surface area contributed by atoms with E-state index >= 15 is 0 Å². The molecule has 0 bridgehead atoms. The highest BCUT2D eigenvalue weighted by Gasteiger charge is 2.33. The van der Waals surface area contributed by atoms with Gasteiger partial charge in [-0.15, -0.1) is 0 Å². The molecule has 3 nitrogen and oxygen atoms in total. The van der Waals surface area contributed by atoms with E-state index in [4.69, 9.17) is 0 Å². The fraction of sp³-hybridized carbons (Fsp3) is 0.538. The van der Waals surface area contributed by atoms with Gasteiger partial charge in [-0.25, -0.2) is 17.2 Å². The molecule has 1 fully saturated rings. The number of benzene rings is 1. The Morgan fingerprint density at radius 2 is 2.11 bits per heavy atom. The first-order valence-electron chi connectivity index (χ1n) is 6.16. The van der Waals surface area contributed by atoms with Crippen molar-refractivity contribution in [2.75, 3.05) is 18.1 Å². The zero-order valence-corrected chi connectivity index (χ0v) is 11.2. The van der Waals surface area contributed by atoms with Crippen LogP contribution in [0.1, 0.15) is 12.0 Å². The Hall–Kier alpha value is -1.01. The SMILES string of the molecule is O=S1(=O)CCC(C(CO)Cc2cc(F)ccc2F)C1. The fourth-order valence-corrected chi connectivity index (χ4v) is 4.48. The fourth-order valence-electron chi connectivity index (χ4n) is 2.56. The average molecular weight is 290 g/mol. The largest absolute Gasteiger partial charge is 0.396 e. The van der Waals surface area contributed by atoms with E-state index in [1.165, 1.54) is 0 Å². The molecule has 19 heavy (non-hydrogen) atoms. The van der Waals surface area contributed by atoms with E-state index in [9.17, 15) is 22.3 Å². The predicted molar refractivity (Wildman–Crippen MR) is 67.4 cm³/mol. The van der Waals surface area contributed by atoms with Crippen LogP contribution in [0.4, 0.5) is 8.78 Å². The van der Waals surface area contributed by atoms with E-state index < -0.39 is 21.5 Å². The minimum absolute atomic E-state index is 0.0230. The Balaban J connectivity index is 2.13. The molecule has 0 spiro atoms. The summed E-state index contributed by atoms with van der Waals surface area (Å²) in [5.41, 5.74) is 0.184. The number of aliphatic hydroxyl groups excluding tert-OH is 1. The normalized spacial score (nSPS) is 23.4. The van der Waals surface area contributed by atoms with Crippen LogP contribution in [0.2, 0.25) is 0 Å². The molecule has 2 rings (SSSR count). The molecule has 1 N–H and O–H groups in total. The van der Waals surface area contributed by atoms with E-state index in [0.717, 1.165) is 18.2 Å². The van der Waals surface area contributed by atoms with Crippen molar-refractivity contribution in [2.45, 2.75) is 12.8 Å². The van der Waals surface area contributed by atoms with Gasteiger partial charge in [0.15, 0.2) is 9.84 Å². The topological polar surface area (TPSA) is 54.4 Å². The summed E-state index contributed by atoms with van der Waals surface area (Å²) in [6, 6.07) is 3.18. The minimum atomic E-state index is -3.04. The van der Waals surface area contributed by atoms with Gasteiger partial charge in [-0.3, -0.25) is 0 Å². The summed E-state index contributed by atoms with van der Waals surface area (Å²) in [5.74, 6) is -1.46. The van der Waals surface area contributed by atoms with E-state index in [0.29, 0.717) is 6.42 Å². The van der Waals surface area contributed by atoms with Crippen molar-refractivity contribution in [1.82, 2.24) is 0 Å². The molecule has 6 heteroatoms. The highest BCUT2D eigenvalue weighted by Crippen LogP contribution is 2.29. The zero-order chi connectivity index (χ0) is 14.0. The second-order valence-corrected chi connectivity index (χ2v) is 7.27. The second-order valence-electron chi connectivity index (χ2n) is 5.05. The highest BCUT2D eigenvalue weighted by molar-refractivity contribution is 7.91. The van der Waals surface area contributed by atoms with Gasteiger partial charge in [0.2, 0.25) is 0 Å². The lowest BCUT2D eigenvalue weighted by Crippen LogP contribution is -2.22. The lowest BCUT2D eigenvalue weighted by atomic mass is 9.87. The van der Waals surface area contributed by atoms with Crippen molar-refractivity contribution in [2.24, 2.45) is 11.8 Å². The Kier molecular flexibility index (Phi) is 4.20. The number of hydrogen-bond donors (Lipinski definition) is 1. The Bertz CT molecular complexity index is 557. The van der Waals surface area contributed by atoms with E-state index in [-0.39, 0.29) is 41.9 Å². The van der Waals surface area contributed by atoms with E-state index in [2.05, 4.69) is 0 Å². The lowest BCUT2D eigenvalue weighted by Gasteiger charge is -2.20. The predicted octanol–water partition coefficient (Wildman–Crippen LogP) is 1.55. The summed E-state index contributed by atoms with van der Waals surface area (Å²) in [4.78, 5) is 0. The van der Waals surface area contributed by atoms with E-state index in [1.807, 2.05) is 0 Å². The second kappa shape index (κ2) is 5.54. The number of hydrogen-bond acceptors (Lipinski definition) is 3.